The van der Waals surface area contributed by atoms with Crippen LogP contribution in [0, 0.1) is 0 Å². The van der Waals surface area contributed by atoms with Crippen LogP contribution >= 0.6 is 0 Å². The summed E-state index contributed by atoms with van der Waals surface area (Å²) in [6.07, 6.45) is 3.11. The van der Waals surface area contributed by atoms with Crippen molar-refractivity contribution in [2.24, 2.45) is 10.3 Å². The van der Waals surface area contributed by atoms with Crippen LogP contribution in [-0.2, 0) is 0 Å². The molecule has 0 unspecified atom stereocenters. The summed E-state index contributed by atoms with van der Waals surface area (Å²) in [7, 11) is 0. The number of nitrogens with zero attached hydrogens (tertiary/aromatic N) is 5. The lowest BCUT2D eigenvalue weighted by Crippen LogP contribution is -1.83. The summed E-state index contributed by atoms with van der Waals surface area (Å²) in [6.45, 7) is 0. The maximum absolute atomic E-state index is 3.84. The maximum Gasteiger partial charge on any atom is 0.223 e. The van der Waals surface area contributed by atoms with Gasteiger partial charge in [0.05, 0.1) is 0 Å². The van der Waals surface area contributed by atoms with E-state index in [-0.39, 0.29) is 0 Å². The molecule has 0 spiro atoms. The quantitative estimate of drug-likeness (QED) is 0.506. The van der Waals surface area contributed by atoms with Gasteiger partial charge in [0.2, 0.25) is 11.6 Å². The van der Waals surface area contributed by atoms with Gasteiger partial charge in [-0.3, -0.25) is 0 Å². The maximum atomic E-state index is 3.84. The van der Waals surface area contributed by atoms with Crippen molar-refractivity contribution in [3.63, 3.8) is 0 Å². The smallest absolute Gasteiger partial charge is 0.223 e. The van der Waals surface area contributed by atoms with Crippen molar-refractivity contribution >= 4 is 11.6 Å². The molecule has 0 saturated heterocycles. The highest BCUT2D eigenvalue weighted by Crippen LogP contribution is 2.23. The lowest BCUT2D eigenvalue weighted by molar-refractivity contribution is 0.900. The minimum absolute atomic E-state index is 0.498. The topological polar surface area (TPSA) is 64.6 Å². The van der Waals surface area contributed by atoms with Gasteiger partial charge in [0.15, 0.2) is 0 Å². The summed E-state index contributed by atoms with van der Waals surface area (Å²) in [5, 5.41) is 6.96. The van der Waals surface area contributed by atoms with Gasteiger partial charge < -0.3 is 0 Å². The average Bonchev–Trinajstić information content (AvgIpc) is 2.33. The van der Waals surface area contributed by atoms with Crippen LogP contribution in [0.1, 0.15) is 0 Å². The Labute approximate surface area is 50.8 Å². The average molecular weight is 120 g/mol. The van der Waals surface area contributed by atoms with Gasteiger partial charge in [-0.15, -0.1) is 10.5 Å². The second-order valence-corrected chi connectivity index (χ2v) is 1.49. The van der Waals surface area contributed by atoms with Gasteiger partial charge in [-0.2, -0.15) is 0 Å². The Balaban J connectivity index is 2.63. The van der Waals surface area contributed by atoms with Crippen molar-refractivity contribution in [2.75, 3.05) is 0 Å². The molecule has 0 fully saturated rings. The predicted octanol–water partition coefficient (Wildman–Crippen LogP) is 0.725. The van der Waals surface area contributed by atoms with Crippen LogP contribution in [0.5, 0.6) is 0 Å². The molecule has 5 heteroatoms. The van der Waals surface area contributed by atoms with Crippen molar-refractivity contribution in [3.8, 4) is 0 Å². The van der Waals surface area contributed by atoms with E-state index >= 15 is 0 Å². The van der Waals surface area contributed by atoms with Crippen LogP contribution < -0.4 is 5.43 Å². The van der Waals surface area contributed by atoms with E-state index in [1.807, 2.05) is 0 Å². The first-order chi connectivity index (χ1) is 4.47. The molecule has 1 aliphatic heterocycles. The van der Waals surface area contributed by atoms with Crippen LogP contribution in [0.2, 0.25) is 0 Å². The minimum Gasteiger partial charge on any atom is -0.231 e. The van der Waals surface area contributed by atoms with Crippen LogP contribution in [0.4, 0.5) is 11.6 Å². The van der Waals surface area contributed by atoms with E-state index in [0.717, 1.165) is 0 Å². The lowest BCUT2D eigenvalue weighted by atomic mass is 10.6. The zero-order valence-corrected chi connectivity index (χ0v) is 4.39. The zero-order chi connectivity index (χ0) is 6.10. The first-order valence-electron chi connectivity index (χ1n) is 2.39. The molecule has 9 heavy (non-hydrogen) atoms. The third-order valence-corrected chi connectivity index (χ3v) is 0.939. The van der Waals surface area contributed by atoms with Gasteiger partial charge in [0.25, 0.3) is 0 Å². The highest BCUT2D eigenvalue weighted by molar-refractivity contribution is 5.49. The Bertz CT molecular complexity index is 255. The fourth-order valence-corrected chi connectivity index (χ4v) is 0.572. The van der Waals surface area contributed by atoms with Crippen molar-refractivity contribution < 1.29 is 0 Å². The summed E-state index contributed by atoms with van der Waals surface area (Å²) in [5.41, 5.74) is 3.58. The summed E-state index contributed by atoms with van der Waals surface area (Å²) < 4.78 is 0. The molecule has 2 heterocycles. The monoisotopic (exact) mass is 120 g/mol. The zero-order valence-electron chi connectivity index (χ0n) is 4.39. The van der Waals surface area contributed by atoms with Crippen molar-refractivity contribution in [1.29, 1.82) is 0 Å². The van der Waals surface area contributed by atoms with Crippen LogP contribution in [0.3, 0.4) is 0 Å². The third kappa shape index (κ3) is 0.543. The standard InChI is InChI=1S/C4H2N5/c1-2-6-4-3(5-1)7-9-8-4/h1-2H. The summed E-state index contributed by atoms with van der Waals surface area (Å²) >= 11 is 0. The molecule has 0 aromatic carbocycles. The third-order valence-electron chi connectivity index (χ3n) is 0.939. The minimum atomic E-state index is 0.498. The van der Waals surface area contributed by atoms with Crippen LogP contribution in [-0.4, -0.2) is 9.97 Å². The fourth-order valence-electron chi connectivity index (χ4n) is 0.572. The highest BCUT2D eigenvalue weighted by Gasteiger charge is 2.09. The molecule has 1 aliphatic rings. The first kappa shape index (κ1) is 4.37. The molecule has 1 aromatic heterocycles. The lowest BCUT2D eigenvalue weighted by Gasteiger charge is -1.85. The van der Waals surface area contributed by atoms with Crippen LogP contribution in [0.15, 0.2) is 22.7 Å². The first-order valence-corrected chi connectivity index (χ1v) is 2.39. The molecule has 43 valence electrons. The van der Waals surface area contributed by atoms with Gasteiger partial charge in [-0.25, -0.2) is 9.97 Å². The number of aromatic nitrogens is 2. The van der Waals surface area contributed by atoms with Gasteiger partial charge in [-0.05, 0) is 5.22 Å². The number of hydrogen-bond donors (Lipinski definition) is 0. The van der Waals surface area contributed by atoms with Crippen LogP contribution in [0.25, 0.3) is 0 Å². The molecule has 0 atom stereocenters. The molecule has 0 N–H and O–H groups in total. The van der Waals surface area contributed by atoms with Gasteiger partial charge in [0, 0.05) is 12.4 Å². The Morgan fingerprint density at radius 1 is 1.00 bits per heavy atom. The summed E-state index contributed by atoms with van der Waals surface area (Å²) in [5.74, 6) is 0.995. The number of rotatable bonds is 0. The SMILES string of the molecule is c1cnc2c(n1)[N]N=N2. The van der Waals surface area contributed by atoms with E-state index in [1.165, 1.54) is 0 Å². The van der Waals surface area contributed by atoms with Gasteiger partial charge in [-0.1, -0.05) is 0 Å². The van der Waals surface area contributed by atoms with Crippen molar-refractivity contribution in [2.45, 2.75) is 0 Å². The predicted molar refractivity (Wildman–Crippen MR) is 28.3 cm³/mol. The molecule has 0 bridgehead atoms. The van der Waals surface area contributed by atoms with E-state index < -0.39 is 0 Å². The molecular formula is C4H2N5. The molecule has 0 saturated carbocycles. The molecule has 2 rings (SSSR count). The van der Waals surface area contributed by atoms with E-state index in [9.17, 15) is 0 Å². The van der Waals surface area contributed by atoms with E-state index in [0.29, 0.717) is 11.6 Å². The van der Waals surface area contributed by atoms with Crippen molar-refractivity contribution in [3.05, 3.63) is 12.4 Å². The van der Waals surface area contributed by atoms with Gasteiger partial charge in [0.1, 0.15) is 0 Å². The Hall–Kier alpha value is -1.52. The molecule has 1 radical (unpaired) electrons. The second-order valence-electron chi connectivity index (χ2n) is 1.49. The normalized spacial score (nSPS) is 12.9. The number of hydrogen-bond acceptors (Lipinski definition) is 4. The Morgan fingerprint density at radius 3 is 2.56 bits per heavy atom. The fraction of sp³-hybridized carbons (Fsp3) is 0. The van der Waals surface area contributed by atoms with Gasteiger partial charge >= 0.3 is 0 Å². The van der Waals surface area contributed by atoms with Crippen molar-refractivity contribution in [1.82, 2.24) is 15.4 Å². The molecule has 0 aliphatic carbocycles. The van der Waals surface area contributed by atoms with E-state index in [2.05, 4.69) is 25.7 Å². The molecule has 0 amide bonds. The molecular weight excluding hydrogens is 118 g/mol. The summed E-state index contributed by atoms with van der Waals surface area (Å²) in [6, 6.07) is 0. The summed E-state index contributed by atoms with van der Waals surface area (Å²) in [4.78, 5) is 7.69. The Morgan fingerprint density at radius 2 is 1.78 bits per heavy atom. The molecule has 1 aromatic rings. The number of fused-ring (bicyclic) bond motifs is 1. The van der Waals surface area contributed by atoms with E-state index in [4.69, 9.17) is 0 Å². The Kier molecular flexibility index (Phi) is 0.717. The highest BCUT2D eigenvalue weighted by atomic mass is 15.5. The largest absolute Gasteiger partial charge is 0.231 e. The second kappa shape index (κ2) is 1.48. The molecule has 5 nitrogen and oxygen atoms in total. The van der Waals surface area contributed by atoms with E-state index in [1.54, 1.807) is 12.4 Å².